The van der Waals surface area contributed by atoms with Crippen molar-refractivity contribution < 1.29 is 19.5 Å². The number of nitrogens with zero attached hydrogens (tertiary/aromatic N) is 1. The van der Waals surface area contributed by atoms with Crippen molar-refractivity contribution in [1.29, 1.82) is 0 Å². The van der Waals surface area contributed by atoms with E-state index in [1.807, 2.05) is 0 Å². The van der Waals surface area contributed by atoms with Crippen molar-refractivity contribution in [3.05, 3.63) is 29.8 Å². The lowest BCUT2D eigenvalue weighted by atomic mass is 10.1. The summed E-state index contributed by atoms with van der Waals surface area (Å²) in [5.41, 5.74) is 1.01. The summed E-state index contributed by atoms with van der Waals surface area (Å²) in [5, 5.41) is 11.4. The predicted octanol–water partition coefficient (Wildman–Crippen LogP) is 1.42. The first-order chi connectivity index (χ1) is 9.56. The second-order valence-electron chi connectivity index (χ2n) is 4.31. The monoisotopic (exact) mass is 294 g/mol. The Kier molecular flexibility index (Phi) is 4.62. The van der Waals surface area contributed by atoms with Crippen LogP contribution in [0.5, 0.6) is 0 Å². The minimum atomic E-state index is -0.960. The second kappa shape index (κ2) is 6.42. The summed E-state index contributed by atoms with van der Waals surface area (Å²) in [6.45, 7) is 0.556. The SMILES string of the molecule is O=C(O)Cc1ccccc1NC(=O)CN1CCSC1=O. The van der Waals surface area contributed by atoms with Crippen LogP contribution in [-0.4, -0.2) is 46.0 Å². The highest BCUT2D eigenvalue weighted by Crippen LogP contribution is 2.18. The maximum absolute atomic E-state index is 11.9. The Bertz CT molecular complexity index is 547. The van der Waals surface area contributed by atoms with Gasteiger partial charge in [-0.25, -0.2) is 0 Å². The van der Waals surface area contributed by atoms with E-state index < -0.39 is 5.97 Å². The molecule has 1 saturated heterocycles. The molecule has 1 heterocycles. The number of carboxylic acid groups (broad SMARTS) is 1. The van der Waals surface area contributed by atoms with Gasteiger partial charge in [-0.2, -0.15) is 0 Å². The molecule has 0 spiro atoms. The molecule has 7 heteroatoms. The van der Waals surface area contributed by atoms with Crippen molar-refractivity contribution in [2.24, 2.45) is 0 Å². The summed E-state index contributed by atoms with van der Waals surface area (Å²) in [6, 6.07) is 6.74. The fourth-order valence-electron chi connectivity index (χ4n) is 1.89. The van der Waals surface area contributed by atoms with Gasteiger partial charge in [-0.15, -0.1) is 0 Å². The summed E-state index contributed by atoms with van der Waals surface area (Å²) in [4.78, 5) is 35.5. The predicted molar refractivity (Wildman–Crippen MR) is 75.8 cm³/mol. The molecule has 0 atom stereocenters. The number of hydrogen-bond acceptors (Lipinski definition) is 4. The molecule has 20 heavy (non-hydrogen) atoms. The first kappa shape index (κ1) is 14.4. The van der Waals surface area contributed by atoms with Crippen LogP contribution < -0.4 is 5.32 Å². The molecule has 0 saturated carbocycles. The van der Waals surface area contributed by atoms with Crippen molar-refractivity contribution in [3.63, 3.8) is 0 Å². The van der Waals surface area contributed by atoms with Gasteiger partial charge in [0.2, 0.25) is 5.91 Å². The Labute approximate surface area is 120 Å². The minimum absolute atomic E-state index is 0.00671. The number of para-hydroxylation sites is 1. The molecular weight excluding hydrogens is 280 g/mol. The highest BCUT2D eigenvalue weighted by molar-refractivity contribution is 8.13. The van der Waals surface area contributed by atoms with Crippen LogP contribution >= 0.6 is 11.8 Å². The Hall–Kier alpha value is -2.02. The van der Waals surface area contributed by atoms with E-state index in [9.17, 15) is 14.4 Å². The smallest absolute Gasteiger partial charge is 0.307 e. The number of carbonyl (C=O) groups is 3. The van der Waals surface area contributed by atoms with E-state index in [0.29, 0.717) is 23.5 Å². The van der Waals surface area contributed by atoms with Gasteiger partial charge < -0.3 is 15.3 Å². The van der Waals surface area contributed by atoms with Crippen LogP contribution in [-0.2, 0) is 16.0 Å². The first-order valence-corrected chi connectivity index (χ1v) is 7.06. The van der Waals surface area contributed by atoms with Gasteiger partial charge in [-0.3, -0.25) is 14.4 Å². The van der Waals surface area contributed by atoms with Gasteiger partial charge in [-0.1, -0.05) is 30.0 Å². The van der Waals surface area contributed by atoms with Gasteiger partial charge in [-0.05, 0) is 11.6 Å². The number of aliphatic carboxylic acids is 1. The van der Waals surface area contributed by atoms with Crippen LogP contribution in [0.1, 0.15) is 5.56 Å². The molecule has 0 aromatic heterocycles. The van der Waals surface area contributed by atoms with Crippen molar-refractivity contribution in [2.75, 3.05) is 24.2 Å². The number of rotatable bonds is 5. The quantitative estimate of drug-likeness (QED) is 0.857. The molecule has 1 fully saturated rings. The summed E-state index contributed by atoms with van der Waals surface area (Å²) >= 11 is 1.19. The normalized spacial score (nSPS) is 14.4. The third-order valence-corrected chi connectivity index (χ3v) is 3.70. The van der Waals surface area contributed by atoms with E-state index in [-0.39, 0.29) is 24.1 Å². The van der Waals surface area contributed by atoms with Crippen molar-refractivity contribution in [2.45, 2.75) is 6.42 Å². The largest absolute Gasteiger partial charge is 0.481 e. The van der Waals surface area contributed by atoms with Gasteiger partial charge >= 0.3 is 5.97 Å². The van der Waals surface area contributed by atoms with Crippen LogP contribution in [0.15, 0.2) is 24.3 Å². The molecule has 0 unspecified atom stereocenters. The van der Waals surface area contributed by atoms with E-state index in [1.165, 1.54) is 16.7 Å². The van der Waals surface area contributed by atoms with Crippen LogP contribution in [0.2, 0.25) is 0 Å². The van der Waals surface area contributed by atoms with E-state index in [4.69, 9.17) is 5.11 Å². The highest BCUT2D eigenvalue weighted by Gasteiger charge is 2.23. The van der Waals surface area contributed by atoms with Crippen LogP contribution in [0, 0.1) is 0 Å². The zero-order chi connectivity index (χ0) is 14.5. The molecule has 0 bridgehead atoms. The van der Waals surface area contributed by atoms with Gasteiger partial charge in [0, 0.05) is 18.0 Å². The van der Waals surface area contributed by atoms with Crippen LogP contribution in [0.4, 0.5) is 10.5 Å². The van der Waals surface area contributed by atoms with E-state index >= 15 is 0 Å². The summed E-state index contributed by atoms with van der Waals surface area (Å²) in [7, 11) is 0. The lowest BCUT2D eigenvalue weighted by molar-refractivity contribution is -0.136. The standard InChI is InChI=1S/C13H14N2O4S/c16-11(8-15-5-6-20-13(15)19)14-10-4-2-1-3-9(10)7-12(17)18/h1-4H,5-8H2,(H,14,16)(H,17,18). The molecule has 2 amide bonds. The molecule has 1 aliphatic rings. The van der Waals surface area contributed by atoms with Crippen molar-refractivity contribution in [3.8, 4) is 0 Å². The lowest BCUT2D eigenvalue weighted by Gasteiger charge is -2.15. The summed E-state index contributed by atoms with van der Waals surface area (Å²) < 4.78 is 0. The summed E-state index contributed by atoms with van der Waals surface area (Å²) in [6.07, 6.45) is -0.158. The maximum atomic E-state index is 11.9. The molecule has 2 rings (SSSR count). The molecular formula is C13H14N2O4S. The highest BCUT2D eigenvalue weighted by atomic mass is 32.2. The van der Waals surface area contributed by atoms with Gasteiger partial charge in [0.25, 0.3) is 5.24 Å². The van der Waals surface area contributed by atoms with Crippen LogP contribution in [0.3, 0.4) is 0 Å². The Balaban J connectivity index is 2.00. The minimum Gasteiger partial charge on any atom is -0.481 e. The number of thioether (sulfide) groups is 1. The third kappa shape index (κ3) is 3.74. The van der Waals surface area contributed by atoms with Gasteiger partial charge in [0.1, 0.15) is 6.54 Å². The molecule has 6 nitrogen and oxygen atoms in total. The van der Waals surface area contributed by atoms with Crippen molar-refractivity contribution in [1.82, 2.24) is 4.90 Å². The number of benzene rings is 1. The van der Waals surface area contributed by atoms with Crippen molar-refractivity contribution >= 4 is 34.6 Å². The molecule has 0 radical (unpaired) electrons. The van der Waals surface area contributed by atoms with Gasteiger partial charge in [0.15, 0.2) is 0 Å². The number of anilines is 1. The Morgan fingerprint density at radius 3 is 2.75 bits per heavy atom. The molecule has 2 N–H and O–H groups in total. The second-order valence-corrected chi connectivity index (χ2v) is 5.36. The molecule has 1 aliphatic heterocycles. The molecule has 1 aromatic rings. The third-order valence-electron chi connectivity index (χ3n) is 2.81. The zero-order valence-corrected chi connectivity index (χ0v) is 11.5. The van der Waals surface area contributed by atoms with Gasteiger partial charge in [0.05, 0.1) is 6.42 Å². The number of carboxylic acids is 1. The Morgan fingerprint density at radius 2 is 2.10 bits per heavy atom. The molecule has 106 valence electrons. The molecule has 1 aromatic carbocycles. The number of nitrogens with one attached hydrogen (secondary N) is 1. The molecule has 0 aliphatic carbocycles. The fourth-order valence-corrected chi connectivity index (χ4v) is 2.72. The lowest BCUT2D eigenvalue weighted by Crippen LogP contribution is -2.33. The number of carbonyl (C=O) groups excluding carboxylic acids is 2. The topological polar surface area (TPSA) is 86.7 Å². The van der Waals surface area contributed by atoms with E-state index in [2.05, 4.69) is 5.32 Å². The Morgan fingerprint density at radius 1 is 1.35 bits per heavy atom. The fraction of sp³-hybridized carbons (Fsp3) is 0.308. The van der Waals surface area contributed by atoms with E-state index in [0.717, 1.165) is 0 Å². The zero-order valence-electron chi connectivity index (χ0n) is 10.7. The average Bonchev–Trinajstić information content (AvgIpc) is 2.77. The van der Waals surface area contributed by atoms with Crippen LogP contribution in [0.25, 0.3) is 0 Å². The summed E-state index contributed by atoms with van der Waals surface area (Å²) in [5.74, 6) is -0.585. The number of amides is 2. The first-order valence-electron chi connectivity index (χ1n) is 6.07. The average molecular weight is 294 g/mol. The van der Waals surface area contributed by atoms with E-state index in [1.54, 1.807) is 24.3 Å². The number of hydrogen-bond donors (Lipinski definition) is 2. The maximum Gasteiger partial charge on any atom is 0.307 e.